The minimum absolute atomic E-state index is 0.142. The fourth-order valence-corrected chi connectivity index (χ4v) is 2.35. The first kappa shape index (κ1) is 13.4. The molecule has 0 atom stereocenters. The number of pyridine rings is 1. The smallest absolute Gasteiger partial charge is 0.269 e. The second-order valence-electron chi connectivity index (χ2n) is 4.77. The van der Waals surface area contributed by atoms with Crippen LogP contribution >= 0.6 is 0 Å². The van der Waals surface area contributed by atoms with Crippen molar-refractivity contribution in [1.29, 1.82) is 0 Å². The van der Waals surface area contributed by atoms with E-state index >= 15 is 0 Å². The van der Waals surface area contributed by atoms with Crippen LogP contribution in [0.15, 0.2) is 48.7 Å². The lowest BCUT2D eigenvalue weighted by molar-refractivity contribution is 0.0949. The summed E-state index contributed by atoms with van der Waals surface area (Å²) in [6.07, 6.45) is 1.62. The fraction of sp³-hybridized carbons (Fsp3) is 0.250. The van der Waals surface area contributed by atoms with Crippen LogP contribution in [-0.2, 0) is 0 Å². The Balaban J connectivity index is 1.56. The minimum Gasteiger partial charge on any atom is -0.490 e. The molecule has 0 radical (unpaired) electrons. The van der Waals surface area contributed by atoms with Crippen molar-refractivity contribution in [1.82, 2.24) is 10.3 Å². The average molecular weight is 283 g/mol. The molecule has 0 unspecified atom stereocenters. The third-order valence-electron chi connectivity index (χ3n) is 3.39. The Hall–Kier alpha value is -2.56. The van der Waals surface area contributed by atoms with E-state index in [0.29, 0.717) is 18.8 Å². The Kier molecular flexibility index (Phi) is 4.00. The molecule has 0 aliphatic carbocycles. The standard InChI is InChI=1S/C16H17N3O2/c20-16(13-5-3-4-8-17-13)18-9-10-19-11-12-21-15-7-2-1-6-14(15)19/h1-8H,9-12H2,(H,18,20). The zero-order valence-corrected chi connectivity index (χ0v) is 11.7. The lowest BCUT2D eigenvalue weighted by Gasteiger charge is -2.31. The van der Waals surface area contributed by atoms with Gasteiger partial charge in [0.1, 0.15) is 18.1 Å². The van der Waals surface area contributed by atoms with Crippen LogP contribution in [0, 0.1) is 0 Å². The maximum Gasteiger partial charge on any atom is 0.269 e. The zero-order chi connectivity index (χ0) is 14.5. The molecule has 1 aliphatic rings. The predicted octanol–water partition coefficient (Wildman–Crippen LogP) is 1.71. The van der Waals surface area contributed by atoms with E-state index < -0.39 is 0 Å². The van der Waals surface area contributed by atoms with Gasteiger partial charge >= 0.3 is 0 Å². The number of amides is 1. The molecule has 1 aromatic heterocycles. The van der Waals surface area contributed by atoms with E-state index in [2.05, 4.69) is 15.2 Å². The molecule has 3 rings (SSSR count). The lowest BCUT2D eigenvalue weighted by Crippen LogP contribution is -2.39. The molecule has 0 spiro atoms. The van der Waals surface area contributed by atoms with Crippen LogP contribution in [0.25, 0.3) is 0 Å². The van der Waals surface area contributed by atoms with Crippen molar-refractivity contribution in [2.75, 3.05) is 31.1 Å². The molecular weight excluding hydrogens is 266 g/mol. The van der Waals surface area contributed by atoms with Gasteiger partial charge in [0.25, 0.3) is 5.91 Å². The summed E-state index contributed by atoms with van der Waals surface area (Å²) in [5.41, 5.74) is 1.52. The highest BCUT2D eigenvalue weighted by atomic mass is 16.5. The van der Waals surface area contributed by atoms with Crippen LogP contribution in [-0.4, -0.2) is 37.1 Å². The van der Waals surface area contributed by atoms with Gasteiger partial charge in [-0.3, -0.25) is 9.78 Å². The van der Waals surface area contributed by atoms with E-state index in [4.69, 9.17) is 4.74 Å². The molecule has 2 aromatic rings. The molecule has 1 amide bonds. The Morgan fingerprint density at radius 2 is 2.10 bits per heavy atom. The van der Waals surface area contributed by atoms with Crippen molar-refractivity contribution in [2.45, 2.75) is 0 Å². The maximum atomic E-state index is 11.9. The molecule has 108 valence electrons. The summed E-state index contributed by atoms with van der Waals surface area (Å²) in [5.74, 6) is 0.761. The number of fused-ring (bicyclic) bond motifs is 1. The van der Waals surface area contributed by atoms with E-state index in [-0.39, 0.29) is 5.91 Å². The van der Waals surface area contributed by atoms with Gasteiger partial charge in [-0.2, -0.15) is 0 Å². The summed E-state index contributed by atoms with van der Waals surface area (Å²) in [4.78, 5) is 18.2. The van der Waals surface area contributed by atoms with Crippen LogP contribution in [0.4, 0.5) is 5.69 Å². The normalized spacial score (nSPS) is 13.2. The highest BCUT2D eigenvalue weighted by molar-refractivity contribution is 5.92. The molecule has 21 heavy (non-hydrogen) atoms. The van der Waals surface area contributed by atoms with E-state index in [9.17, 15) is 4.79 Å². The molecule has 0 fully saturated rings. The van der Waals surface area contributed by atoms with Crippen LogP contribution in [0.3, 0.4) is 0 Å². The van der Waals surface area contributed by atoms with Gasteiger partial charge in [-0.1, -0.05) is 18.2 Å². The first-order chi connectivity index (χ1) is 10.3. The average Bonchev–Trinajstić information content (AvgIpc) is 2.56. The van der Waals surface area contributed by atoms with E-state index in [0.717, 1.165) is 24.5 Å². The molecule has 0 saturated carbocycles. The van der Waals surface area contributed by atoms with Crippen molar-refractivity contribution in [3.8, 4) is 5.75 Å². The molecule has 5 heteroatoms. The van der Waals surface area contributed by atoms with Gasteiger partial charge in [-0.25, -0.2) is 0 Å². The van der Waals surface area contributed by atoms with Gasteiger partial charge in [-0.05, 0) is 24.3 Å². The van der Waals surface area contributed by atoms with Gasteiger partial charge in [0.05, 0.1) is 12.2 Å². The number of ether oxygens (including phenoxy) is 1. The quantitative estimate of drug-likeness (QED) is 0.928. The number of hydrogen-bond acceptors (Lipinski definition) is 4. The van der Waals surface area contributed by atoms with Gasteiger partial charge in [0.15, 0.2) is 0 Å². The monoisotopic (exact) mass is 283 g/mol. The number of carbonyl (C=O) groups is 1. The maximum absolute atomic E-state index is 11.9. The summed E-state index contributed by atoms with van der Waals surface area (Å²) in [7, 11) is 0. The topological polar surface area (TPSA) is 54.5 Å². The summed E-state index contributed by atoms with van der Waals surface area (Å²) < 4.78 is 5.61. The van der Waals surface area contributed by atoms with Crippen molar-refractivity contribution in [3.63, 3.8) is 0 Å². The third kappa shape index (κ3) is 3.13. The fourth-order valence-electron chi connectivity index (χ4n) is 2.35. The number of nitrogens with zero attached hydrogens (tertiary/aromatic N) is 2. The second-order valence-corrected chi connectivity index (χ2v) is 4.77. The molecule has 1 aromatic carbocycles. The molecular formula is C16H17N3O2. The van der Waals surface area contributed by atoms with Crippen molar-refractivity contribution < 1.29 is 9.53 Å². The summed E-state index contributed by atoms with van der Waals surface area (Å²) >= 11 is 0. The summed E-state index contributed by atoms with van der Waals surface area (Å²) in [5, 5.41) is 2.89. The number of anilines is 1. The molecule has 0 bridgehead atoms. The molecule has 2 heterocycles. The number of benzene rings is 1. The first-order valence-electron chi connectivity index (χ1n) is 7.00. The number of rotatable bonds is 4. The van der Waals surface area contributed by atoms with Gasteiger partial charge in [0, 0.05) is 19.3 Å². The molecule has 0 saturated heterocycles. The molecule has 1 aliphatic heterocycles. The number of aromatic nitrogens is 1. The summed E-state index contributed by atoms with van der Waals surface area (Å²) in [6, 6.07) is 13.3. The van der Waals surface area contributed by atoms with Gasteiger partial charge < -0.3 is 15.0 Å². The Morgan fingerprint density at radius 3 is 2.95 bits per heavy atom. The number of hydrogen-bond donors (Lipinski definition) is 1. The molecule has 5 nitrogen and oxygen atoms in total. The number of carbonyl (C=O) groups excluding carboxylic acids is 1. The zero-order valence-electron chi connectivity index (χ0n) is 11.7. The van der Waals surface area contributed by atoms with E-state index in [1.54, 1.807) is 24.4 Å². The van der Waals surface area contributed by atoms with Crippen molar-refractivity contribution >= 4 is 11.6 Å². The Morgan fingerprint density at radius 1 is 1.24 bits per heavy atom. The minimum atomic E-state index is -0.142. The van der Waals surface area contributed by atoms with Gasteiger partial charge in [0.2, 0.25) is 0 Å². The van der Waals surface area contributed by atoms with E-state index in [1.165, 1.54) is 0 Å². The van der Waals surface area contributed by atoms with Crippen molar-refractivity contribution in [3.05, 3.63) is 54.4 Å². The highest BCUT2D eigenvalue weighted by Gasteiger charge is 2.17. The van der Waals surface area contributed by atoms with Crippen LogP contribution in [0.2, 0.25) is 0 Å². The Labute approximate surface area is 123 Å². The van der Waals surface area contributed by atoms with E-state index in [1.807, 2.05) is 24.3 Å². The third-order valence-corrected chi connectivity index (χ3v) is 3.39. The van der Waals surface area contributed by atoms with Crippen LogP contribution < -0.4 is 15.0 Å². The van der Waals surface area contributed by atoms with Gasteiger partial charge in [-0.15, -0.1) is 0 Å². The number of nitrogens with one attached hydrogen (secondary N) is 1. The van der Waals surface area contributed by atoms with Crippen molar-refractivity contribution in [2.24, 2.45) is 0 Å². The molecule has 1 N–H and O–H groups in total. The number of para-hydroxylation sites is 2. The SMILES string of the molecule is O=C(NCCN1CCOc2ccccc21)c1ccccn1. The summed E-state index contributed by atoms with van der Waals surface area (Å²) in [6.45, 7) is 2.82. The second kappa shape index (κ2) is 6.26. The van der Waals surface area contributed by atoms with Crippen LogP contribution in [0.1, 0.15) is 10.5 Å². The Bertz CT molecular complexity index is 616. The lowest BCUT2D eigenvalue weighted by atomic mass is 10.2. The first-order valence-corrected chi connectivity index (χ1v) is 7.00. The predicted molar refractivity (Wildman–Crippen MR) is 80.7 cm³/mol. The largest absolute Gasteiger partial charge is 0.490 e. The highest BCUT2D eigenvalue weighted by Crippen LogP contribution is 2.30. The van der Waals surface area contributed by atoms with Crippen LogP contribution in [0.5, 0.6) is 5.75 Å².